The van der Waals surface area contributed by atoms with Gasteiger partial charge in [0.15, 0.2) is 5.78 Å². The Labute approximate surface area is 126 Å². The molecule has 2 N–H and O–H groups in total. The first-order chi connectivity index (χ1) is 10.2. The van der Waals surface area contributed by atoms with Gasteiger partial charge < -0.3 is 10.4 Å². The van der Waals surface area contributed by atoms with E-state index in [1.54, 1.807) is 24.3 Å². The molecule has 0 aliphatic carbocycles. The summed E-state index contributed by atoms with van der Waals surface area (Å²) in [7, 11) is 0. The molecule has 0 saturated carbocycles. The van der Waals surface area contributed by atoms with E-state index in [9.17, 15) is 9.59 Å². The highest BCUT2D eigenvalue weighted by molar-refractivity contribution is 5.99. The van der Waals surface area contributed by atoms with Gasteiger partial charge in [-0.1, -0.05) is 51.2 Å². The molecule has 0 radical (unpaired) electrons. The summed E-state index contributed by atoms with van der Waals surface area (Å²) in [6.07, 6.45) is 7.39. The average Bonchev–Trinajstić information content (AvgIpc) is 2.50. The SMILES string of the molecule is CCCCCCCCC(=O)Nc1cccc(C(=O)CO)c1. The van der Waals surface area contributed by atoms with Crippen LogP contribution in [0, 0.1) is 0 Å². The van der Waals surface area contributed by atoms with Crippen molar-refractivity contribution in [2.24, 2.45) is 0 Å². The van der Waals surface area contributed by atoms with Gasteiger partial charge in [-0.15, -0.1) is 0 Å². The summed E-state index contributed by atoms with van der Waals surface area (Å²) < 4.78 is 0. The molecule has 0 aliphatic heterocycles. The fourth-order valence-corrected chi connectivity index (χ4v) is 2.15. The number of carbonyl (C=O) groups excluding carboxylic acids is 2. The van der Waals surface area contributed by atoms with Crippen LogP contribution in [0.3, 0.4) is 0 Å². The summed E-state index contributed by atoms with van der Waals surface area (Å²) in [5.74, 6) is -0.374. The summed E-state index contributed by atoms with van der Waals surface area (Å²) in [6, 6.07) is 6.66. The molecule has 0 fully saturated rings. The number of anilines is 1. The van der Waals surface area contributed by atoms with Crippen molar-refractivity contribution in [1.29, 1.82) is 0 Å². The highest BCUT2D eigenvalue weighted by Gasteiger charge is 2.06. The second-order valence-corrected chi connectivity index (χ2v) is 5.23. The van der Waals surface area contributed by atoms with Crippen LogP contribution in [-0.2, 0) is 4.79 Å². The van der Waals surface area contributed by atoms with Gasteiger partial charge in [0.05, 0.1) is 0 Å². The molecule has 0 heterocycles. The summed E-state index contributed by atoms with van der Waals surface area (Å²) in [5.41, 5.74) is 1.01. The molecule has 1 rings (SSSR count). The number of rotatable bonds is 10. The second kappa shape index (κ2) is 10.1. The first-order valence-corrected chi connectivity index (χ1v) is 7.71. The Bertz CT molecular complexity index is 457. The van der Waals surface area contributed by atoms with Gasteiger partial charge in [-0.25, -0.2) is 0 Å². The molecular formula is C17H25NO3. The predicted octanol–water partition coefficient (Wildman–Crippen LogP) is 3.55. The molecule has 116 valence electrons. The molecule has 0 saturated heterocycles. The standard InChI is InChI=1S/C17H25NO3/c1-2-3-4-5-6-7-11-17(21)18-15-10-8-9-14(12-15)16(20)13-19/h8-10,12,19H,2-7,11,13H2,1H3,(H,18,21). The van der Waals surface area contributed by atoms with Gasteiger partial charge >= 0.3 is 0 Å². The second-order valence-electron chi connectivity index (χ2n) is 5.23. The molecule has 0 spiro atoms. The quantitative estimate of drug-likeness (QED) is 0.512. The van der Waals surface area contributed by atoms with Gasteiger partial charge in [0, 0.05) is 17.7 Å². The van der Waals surface area contributed by atoms with Crippen LogP contribution >= 0.6 is 0 Å². The number of nitrogens with one attached hydrogen (secondary N) is 1. The Morgan fingerprint density at radius 2 is 1.81 bits per heavy atom. The zero-order chi connectivity index (χ0) is 15.5. The number of Topliss-reactive ketones (excluding diaryl/α,β-unsaturated/α-hetero) is 1. The van der Waals surface area contributed by atoms with Crippen molar-refractivity contribution < 1.29 is 14.7 Å². The van der Waals surface area contributed by atoms with Crippen molar-refractivity contribution in [3.63, 3.8) is 0 Å². The number of carbonyl (C=O) groups is 2. The fraction of sp³-hybridized carbons (Fsp3) is 0.529. The van der Waals surface area contributed by atoms with E-state index in [-0.39, 0.29) is 11.7 Å². The molecule has 1 aromatic rings. The molecule has 4 heteroatoms. The van der Waals surface area contributed by atoms with E-state index in [4.69, 9.17) is 5.11 Å². The highest BCUT2D eigenvalue weighted by atomic mass is 16.3. The minimum absolute atomic E-state index is 0.0286. The van der Waals surface area contributed by atoms with E-state index in [0.29, 0.717) is 17.7 Å². The maximum absolute atomic E-state index is 11.8. The van der Waals surface area contributed by atoms with Crippen LogP contribution in [0.5, 0.6) is 0 Å². The zero-order valence-corrected chi connectivity index (χ0v) is 12.7. The number of ketones is 1. The molecule has 0 bridgehead atoms. The van der Waals surface area contributed by atoms with E-state index in [1.165, 1.54) is 25.7 Å². The molecule has 1 amide bonds. The lowest BCUT2D eigenvalue weighted by Crippen LogP contribution is -2.12. The lowest BCUT2D eigenvalue weighted by Gasteiger charge is -2.06. The van der Waals surface area contributed by atoms with Crippen molar-refractivity contribution in [2.75, 3.05) is 11.9 Å². The lowest BCUT2D eigenvalue weighted by molar-refractivity contribution is -0.116. The number of aliphatic hydroxyl groups excluding tert-OH is 1. The minimum atomic E-state index is -0.519. The van der Waals surface area contributed by atoms with Crippen molar-refractivity contribution in [1.82, 2.24) is 0 Å². The van der Waals surface area contributed by atoms with Crippen LogP contribution in [0.4, 0.5) is 5.69 Å². The molecular weight excluding hydrogens is 266 g/mol. The number of hydrogen-bond acceptors (Lipinski definition) is 3. The average molecular weight is 291 g/mol. The van der Waals surface area contributed by atoms with Gasteiger partial charge in [-0.3, -0.25) is 9.59 Å². The number of unbranched alkanes of at least 4 members (excludes halogenated alkanes) is 5. The fourth-order valence-electron chi connectivity index (χ4n) is 2.15. The Hall–Kier alpha value is -1.68. The van der Waals surface area contributed by atoms with E-state index in [0.717, 1.165) is 12.8 Å². The maximum atomic E-state index is 11.8. The van der Waals surface area contributed by atoms with E-state index < -0.39 is 6.61 Å². The third-order valence-electron chi connectivity index (χ3n) is 3.37. The van der Waals surface area contributed by atoms with E-state index >= 15 is 0 Å². The van der Waals surface area contributed by atoms with Crippen LogP contribution in [0.1, 0.15) is 62.2 Å². The molecule has 4 nitrogen and oxygen atoms in total. The Morgan fingerprint density at radius 1 is 1.10 bits per heavy atom. The highest BCUT2D eigenvalue weighted by Crippen LogP contribution is 2.13. The molecule has 0 aromatic heterocycles. The van der Waals surface area contributed by atoms with Gasteiger partial charge in [0.25, 0.3) is 0 Å². The van der Waals surface area contributed by atoms with Gasteiger partial charge in [-0.2, -0.15) is 0 Å². The van der Waals surface area contributed by atoms with Crippen LogP contribution in [0.2, 0.25) is 0 Å². The van der Waals surface area contributed by atoms with E-state index in [2.05, 4.69) is 12.2 Å². The first kappa shape index (κ1) is 17.4. The normalized spacial score (nSPS) is 10.4. The number of aliphatic hydroxyl groups is 1. The van der Waals surface area contributed by atoms with E-state index in [1.807, 2.05) is 0 Å². The van der Waals surface area contributed by atoms with Gasteiger partial charge in [-0.05, 0) is 18.6 Å². The Kier molecular flexibility index (Phi) is 8.36. The number of amides is 1. The van der Waals surface area contributed by atoms with Crippen molar-refractivity contribution >= 4 is 17.4 Å². The smallest absolute Gasteiger partial charge is 0.224 e. The van der Waals surface area contributed by atoms with Gasteiger partial charge in [0.2, 0.25) is 5.91 Å². The van der Waals surface area contributed by atoms with Crippen LogP contribution in [0.15, 0.2) is 24.3 Å². The zero-order valence-electron chi connectivity index (χ0n) is 12.7. The van der Waals surface area contributed by atoms with Crippen LogP contribution < -0.4 is 5.32 Å². The molecule has 0 aliphatic rings. The van der Waals surface area contributed by atoms with Crippen molar-refractivity contribution in [3.05, 3.63) is 29.8 Å². The molecule has 0 unspecified atom stereocenters. The third-order valence-corrected chi connectivity index (χ3v) is 3.37. The van der Waals surface area contributed by atoms with Gasteiger partial charge in [0.1, 0.15) is 6.61 Å². The minimum Gasteiger partial charge on any atom is -0.388 e. The van der Waals surface area contributed by atoms with Crippen LogP contribution in [-0.4, -0.2) is 23.4 Å². The predicted molar refractivity (Wildman–Crippen MR) is 84.5 cm³/mol. The molecule has 1 aromatic carbocycles. The largest absolute Gasteiger partial charge is 0.388 e. The summed E-state index contributed by atoms with van der Waals surface area (Å²) in [6.45, 7) is 1.66. The van der Waals surface area contributed by atoms with Crippen molar-refractivity contribution in [2.45, 2.75) is 51.9 Å². The Morgan fingerprint density at radius 3 is 2.52 bits per heavy atom. The first-order valence-electron chi connectivity index (χ1n) is 7.71. The van der Waals surface area contributed by atoms with Crippen molar-refractivity contribution in [3.8, 4) is 0 Å². The third kappa shape index (κ3) is 7.04. The van der Waals surface area contributed by atoms with Crippen LogP contribution in [0.25, 0.3) is 0 Å². The summed E-state index contributed by atoms with van der Waals surface area (Å²) in [4.78, 5) is 23.2. The summed E-state index contributed by atoms with van der Waals surface area (Å²) in [5, 5.41) is 11.6. The Balaban J connectivity index is 2.32. The molecule has 21 heavy (non-hydrogen) atoms. The maximum Gasteiger partial charge on any atom is 0.224 e. The number of hydrogen-bond donors (Lipinski definition) is 2. The topological polar surface area (TPSA) is 66.4 Å². The molecule has 0 atom stereocenters. The lowest BCUT2D eigenvalue weighted by atomic mass is 10.1. The summed E-state index contributed by atoms with van der Waals surface area (Å²) >= 11 is 0. The number of benzene rings is 1. The monoisotopic (exact) mass is 291 g/mol.